The van der Waals surface area contributed by atoms with Crippen molar-refractivity contribution in [1.29, 1.82) is 5.26 Å². The largest absolute Gasteiger partial charge is 0.358 e. The summed E-state index contributed by atoms with van der Waals surface area (Å²) in [4.78, 5) is 20.8. The van der Waals surface area contributed by atoms with Crippen LogP contribution in [0.1, 0.15) is 21.6 Å². The minimum atomic E-state index is -0.319. The number of nitrogens with one attached hydrogen (secondary N) is 1. The van der Waals surface area contributed by atoms with Gasteiger partial charge in [-0.05, 0) is 43.3 Å². The molecule has 33 heavy (non-hydrogen) atoms. The summed E-state index contributed by atoms with van der Waals surface area (Å²) < 4.78 is 1.75. The molecule has 0 saturated carbocycles. The van der Waals surface area contributed by atoms with Crippen molar-refractivity contribution in [2.45, 2.75) is 6.92 Å². The number of hydrogen-bond donors (Lipinski definition) is 1. The second kappa shape index (κ2) is 8.40. The molecule has 0 unspecified atom stereocenters. The molecule has 0 amide bonds. The molecule has 6 nitrogen and oxygen atoms in total. The van der Waals surface area contributed by atoms with Crippen LogP contribution in [0.15, 0.2) is 90.9 Å². The molecule has 0 radical (unpaired) electrons. The Bertz CT molecular complexity index is 1540. The fourth-order valence-corrected chi connectivity index (χ4v) is 3.95. The second-order valence-electron chi connectivity index (χ2n) is 7.62. The Labute approximate surface area is 190 Å². The predicted molar refractivity (Wildman–Crippen MR) is 128 cm³/mol. The lowest BCUT2D eigenvalue weighted by Crippen LogP contribution is -2.03. The standard InChI is InChI=1S/C27H19N5O/c1-18-25(23-9-5-6-10-24(23)30-18)27(33)20(16-28)15-21-17-32(22-7-3-2-4-8-22)31-26(21)19-11-13-29-14-12-19/h2-15,17,30H,1H3/b20-15+. The summed E-state index contributed by atoms with van der Waals surface area (Å²) >= 11 is 0. The van der Waals surface area contributed by atoms with E-state index in [1.807, 2.05) is 79.9 Å². The van der Waals surface area contributed by atoms with Crippen LogP contribution in [-0.2, 0) is 0 Å². The lowest BCUT2D eigenvalue weighted by atomic mass is 9.98. The van der Waals surface area contributed by atoms with Crippen LogP contribution < -0.4 is 0 Å². The Morgan fingerprint density at radius 2 is 1.76 bits per heavy atom. The van der Waals surface area contributed by atoms with Crippen LogP contribution in [0.5, 0.6) is 0 Å². The first-order chi connectivity index (χ1) is 16.2. The van der Waals surface area contributed by atoms with E-state index in [1.165, 1.54) is 0 Å². The maximum atomic E-state index is 13.5. The molecular formula is C27H19N5O. The first-order valence-electron chi connectivity index (χ1n) is 10.4. The number of aromatic nitrogens is 4. The molecule has 0 saturated heterocycles. The van der Waals surface area contributed by atoms with Gasteiger partial charge in [0, 0.05) is 46.3 Å². The van der Waals surface area contributed by atoms with Gasteiger partial charge in [-0.25, -0.2) is 4.68 Å². The van der Waals surface area contributed by atoms with Crippen LogP contribution in [0, 0.1) is 18.3 Å². The number of pyridine rings is 1. The van der Waals surface area contributed by atoms with E-state index in [9.17, 15) is 10.1 Å². The van der Waals surface area contributed by atoms with Crippen molar-refractivity contribution in [3.05, 3.63) is 108 Å². The number of ketones is 1. The molecular weight excluding hydrogens is 410 g/mol. The smallest absolute Gasteiger partial charge is 0.205 e. The number of aromatic amines is 1. The molecule has 0 aliphatic carbocycles. The lowest BCUT2D eigenvalue weighted by Gasteiger charge is -2.01. The zero-order valence-electron chi connectivity index (χ0n) is 17.9. The van der Waals surface area contributed by atoms with E-state index in [1.54, 1.807) is 23.2 Å². The number of H-pyrrole nitrogens is 1. The van der Waals surface area contributed by atoms with Crippen LogP contribution in [0.4, 0.5) is 0 Å². The van der Waals surface area contributed by atoms with Crippen LogP contribution >= 0.6 is 0 Å². The zero-order valence-corrected chi connectivity index (χ0v) is 17.9. The highest BCUT2D eigenvalue weighted by Gasteiger charge is 2.21. The minimum Gasteiger partial charge on any atom is -0.358 e. The van der Waals surface area contributed by atoms with E-state index in [0.717, 1.165) is 27.8 Å². The number of allylic oxidation sites excluding steroid dienone is 1. The van der Waals surface area contributed by atoms with Gasteiger partial charge in [0.15, 0.2) is 0 Å². The van der Waals surface area contributed by atoms with E-state index in [-0.39, 0.29) is 11.4 Å². The quantitative estimate of drug-likeness (QED) is 0.227. The van der Waals surface area contributed by atoms with Gasteiger partial charge in [-0.15, -0.1) is 0 Å². The highest BCUT2D eigenvalue weighted by molar-refractivity contribution is 6.20. The molecule has 0 bridgehead atoms. The van der Waals surface area contributed by atoms with Gasteiger partial charge in [0.05, 0.1) is 11.3 Å². The molecule has 0 aliphatic rings. The van der Waals surface area contributed by atoms with E-state index in [2.05, 4.69) is 16.0 Å². The molecule has 3 aromatic heterocycles. The van der Waals surface area contributed by atoms with Crippen molar-refractivity contribution in [2.24, 2.45) is 0 Å². The zero-order chi connectivity index (χ0) is 22.8. The van der Waals surface area contributed by atoms with Crippen LogP contribution in [0.25, 0.3) is 33.9 Å². The van der Waals surface area contributed by atoms with Crippen molar-refractivity contribution in [3.63, 3.8) is 0 Å². The summed E-state index contributed by atoms with van der Waals surface area (Å²) in [6.45, 7) is 1.85. The fourth-order valence-electron chi connectivity index (χ4n) is 3.95. The maximum Gasteiger partial charge on any atom is 0.205 e. The van der Waals surface area contributed by atoms with Crippen LogP contribution in [0.2, 0.25) is 0 Å². The number of nitriles is 1. The summed E-state index contributed by atoms with van der Waals surface area (Å²) in [5.41, 5.74) is 5.22. The number of hydrogen-bond acceptors (Lipinski definition) is 4. The van der Waals surface area contributed by atoms with Gasteiger partial charge in [0.1, 0.15) is 17.3 Å². The number of nitrogens with zero attached hydrogens (tertiary/aromatic N) is 4. The Kier molecular flexibility index (Phi) is 5.13. The molecule has 0 aliphatic heterocycles. The number of para-hydroxylation sites is 2. The third-order valence-electron chi connectivity index (χ3n) is 5.50. The molecule has 0 spiro atoms. The molecule has 2 aromatic carbocycles. The Hall–Kier alpha value is -4.76. The summed E-state index contributed by atoms with van der Waals surface area (Å²) in [6.07, 6.45) is 6.83. The molecule has 1 N–H and O–H groups in total. The van der Waals surface area contributed by atoms with E-state index in [0.29, 0.717) is 16.8 Å². The van der Waals surface area contributed by atoms with Gasteiger partial charge in [0.25, 0.3) is 0 Å². The third kappa shape index (κ3) is 3.73. The molecule has 3 heterocycles. The number of Topliss-reactive ketones (excluding diaryl/α,β-unsaturated/α-hetero) is 1. The van der Waals surface area contributed by atoms with Gasteiger partial charge in [-0.2, -0.15) is 10.4 Å². The van der Waals surface area contributed by atoms with Gasteiger partial charge in [-0.1, -0.05) is 36.4 Å². The number of aryl methyl sites for hydroxylation is 1. The van der Waals surface area contributed by atoms with Crippen molar-refractivity contribution in [1.82, 2.24) is 19.7 Å². The minimum absolute atomic E-state index is 0.0470. The van der Waals surface area contributed by atoms with Gasteiger partial charge >= 0.3 is 0 Å². The Morgan fingerprint density at radius 3 is 2.52 bits per heavy atom. The monoisotopic (exact) mass is 429 g/mol. The van der Waals surface area contributed by atoms with E-state index >= 15 is 0 Å². The first-order valence-corrected chi connectivity index (χ1v) is 10.4. The number of fused-ring (bicyclic) bond motifs is 1. The summed E-state index contributed by atoms with van der Waals surface area (Å²) in [7, 11) is 0. The first kappa shape index (κ1) is 20.2. The van der Waals surface area contributed by atoms with Crippen molar-refractivity contribution in [2.75, 3.05) is 0 Å². The average molecular weight is 429 g/mol. The summed E-state index contributed by atoms with van der Waals surface area (Å²) in [5.74, 6) is -0.319. The van der Waals surface area contributed by atoms with Gasteiger partial charge < -0.3 is 4.98 Å². The lowest BCUT2D eigenvalue weighted by molar-refractivity contribution is 0.104. The molecule has 5 aromatic rings. The third-order valence-corrected chi connectivity index (χ3v) is 5.50. The van der Waals surface area contributed by atoms with Crippen LogP contribution in [0.3, 0.4) is 0 Å². The highest BCUT2D eigenvalue weighted by atomic mass is 16.1. The number of rotatable bonds is 5. The van der Waals surface area contributed by atoms with Crippen molar-refractivity contribution < 1.29 is 4.79 Å². The summed E-state index contributed by atoms with van der Waals surface area (Å²) in [5, 5.41) is 15.5. The number of carbonyl (C=O) groups is 1. The van der Waals surface area contributed by atoms with E-state index < -0.39 is 0 Å². The molecule has 158 valence electrons. The fraction of sp³-hybridized carbons (Fsp3) is 0.0370. The Balaban J connectivity index is 1.65. The maximum absolute atomic E-state index is 13.5. The normalized spacial score (nSPS) is 11.5. The molecule has 5 rings (SSSR count). The van der Waals surface area contributed by atoms with Crippen LogP contribution in [-0.4, -0.2) is 25.5 Å². The summed E-state index contributed by atoms with van der Waals surface area (Å²) in [6, 6.07) is 23.1. The topological polar surface area (TPSA) is 87.4 Å². The van der Waals surface area contributed by atoms with Gasteiger partial charge in [-0.3, -0.25) is 9.78 Å². The molecule has 0 fully saturated rings. The molecule has 0 atom stereocenters. The van der Waals surface area contributed by atoms with Crippen molar-refractivity contribution >= 4 is 22.8 Å². The number of carbonyl (C=O) groups excluding carboxylic acids is 1. The average Bonchev–Trinajstić information content (AvgIpc) is 3.43. The molecule has 6 heteroatoms. The number of benzene rings is 2. The van der Waals surface area contributed by atoms with E-state index in [4.69, 9.17) is 5.10 Å². The predicted octanol–water partition coefficient (Wildman–Crippen LogP) is 5.51. The highest BCUT2D eigenvalue weighted by Crippen LogP contribution is 2.28. The van der Waals surface area contributed by atoms with Gasteiger partial charge in [0.2, 0.25) is 5.78 Å². The second-order valence-corrected chi connectivity index (χ2v) is 7.62. The SMILES string of the molecule is Cc1[nH]c2ccccc2c1C(=O)/C(C#N)=C/c1cn(-c2ccccc2)nc1-c1ccncc1. The Morgan fingerprint density at radius 1 is 1.03 bits per heavy atom. The van der Waals surface area contributed by atoms with Crippen molar-refractivity contribution in [3.8, 4) is 23.0 Å².